The Balaban J connectivity index is 1.82. The number of benzene rings is 3. The van der Waals surface area contributed by atoms with Crippen molar-refractivity contribution in [2.24, 2.45) is 0 Å². The Hall–Kier alpha value is -4.06. The molecule has 1 N–H and O–H groups in total. The summed E-state index contributed by atoms with van der Waals surface area (Å²) in [5.41, 5.74) is 3.09. The third-order valence-electron chi connectivity index (χ3n) is 5.83. The van der Waals surface area contributed by atoms with Crippen molar-refractivity contribution in [2.75, 3.05) is 13.7 Å². The molecular weight excluding hydrogens is 430 g/mol. The molecule has 3 aromatic carbocycles. The molecule has 1 aliphatic heterocycles. The van der Waals surface area contributed by atoms with Crippen molar-refractivity contribution in [1.82, 2.24) is 4.90 Å². The summed E-state index contributed by atoms with van der Waals surface area (Å²) in [5, 5.41) is 11.3. The van der Waals surface area contributed by atoms with Gasteiger partial charge in [-0.2, -0.15) is 0 Å². The Bertz CT molecular complexity index is 1250. The molecular formula is C28H27NO5. The summed E-state index contributed by atoms with van der Waals surface area (Å²) in [6.07, 6.45) is 0. The SMILES string of the molecule is CCOc1cccc(/C(O)=C2/C(=O)C(=O)N(Cc3ccc(OC)cc3)C2c2cccc(C)c2)c1. The summed E-state index contributed by atoms with van der Waals surface area (Å²) in [5.74, 6) is -0.297. The Morgan fingerprint density at radius 1 is 0.971 bits per heavy atom. The van der Waals surface area contributed by atoms with Gasteiger partial charge >= 0.3 is 0 Å². The molecule has 0 spiro atoms. The van der Waals surface area contributed by atoms with Crippen molar-refractivity contribution in [1.29, 1.82) is 0 Å². The van der Waals surface area contributed by atoms with E-state index in [1.54, 1.807) is 31.4 Å². The molecule has 3 aromatic rings. The normalized spacial score (nSPS) is 17.1. The van der Waals surface area contributed by atoms with Gasteiger partial charge in [-0.1, -0.05) is 54.1 Å². The van der Waals surface area contributed by atoms with Crippen LogP contribution in [0.15, 0.2) is 78.4 Å². The average Bonchev–Trinajstić information content (AvgIpc) is 3.09. The van der Waals surface area contributed by atoms with E-state index in [1.165, 1.54) is 4.90 Å². The highest BCUT2D eigenvalue weighted by molar-refractivity contribution is 6.46. The molecule has 1 saturated heterocycles. The van der Waals surface area contributed by atoms with E-state index >= 15 is 0 Å². The number of Topliss-reactive ketones (excluding diaryl/α,β-unsaturated/α-hetero) is 1. The van der Waals surface area contributed by atoms with Crippen LogP contribution in [0.25, 0.3) is 5.76 Å². The van der Waals surface area contributed by atoms with Gasteiger partial charge in [0.2, 0.25) is 0 Å². The molecule has 1 atom stereocenters. The van der Waals surface area contributed by atoms with Gasteiger partial charge in [0, 0.05) is 12.1 Å². The topological polar surface area (TPSA) is 76.1 Å². The molecule has 4 rings (SSSR count). The third-order valence-corrected chi connectivity index (χ3v) is 5.83. The van der Waals surface area contributed by atoms with Gasteiger partial charge in [0.15, 0.2) is 0 Å². The molecule has 1 fully saturated rings. The van der Waals surface area contributed by atoms with Crippen LogP contribution in [-0.2, 0) is 16.1 Å². The van der Waals surface area contributed by atoms with E-state index in [4.69, 9.17) is 9.47 Å². The minimum atomic E-state index is -0.724. The average molecular weight is 458 g/mol. The largest absolute Gasteiger partial charge is 0.507 e. The molecule has 174 valence electrons. The highest BCUT2D eigenvalue weighted by atomic mass is 16.5. The summed E-state index contributed by atoms with van der Waals surface area (Å²) in [6.45, 7) is 4.50. The first kappa shape index (κ1) is 23.1. The zero-order chi connectivity index (χ0) is 24.2. The van der Waals surface area contributed by atoms with Gasteiger partial charge in [0.25, 0.3) is 11.7 Å². The first-order valence-electron chi connectivity index (χ1n) is 11.1. The summed E-state index contributed by atoms with van der Waals surface area (Å²) in [7, 11) is 1.59. The van der Waals surface area contributed by atoms with Crippen LogP contribution in [0.2, 0.25) is 0 Å². The van der Waals surface area contributed by atoms with E-state index < -0.39 is 17.7 Å². The second-order valence-electron chi connectivity index (χ2n) is 8.15. The summed E-state index contributed by atoms with van der Waals surface area (Å²) < 4.78 is 10.8. The number of rotatable bonds is 7. The van der Waals surface area contributed by atoms with Crippen molar-refractivity contribution >= 4 is 17.4 Å². The van der Waals surface area contributed by atoms with Gasteiger partial charge in [-0.25, -0.2) is 0 Å². The quantitative estimate of drug-likeness (QED) is 0.306. The first-order chi connectivity index (χ1) is 16.4. The molecule has 34 heavy (non-hydrogen) atoms. The van der Waals surface area contributed by atoms with Gasteiger partial charge in [-0.15, -0.1) is 0 Å². The predicted molar refractivity (Wildman–Crippen MR) is 130 cm³/mol. The Morgan fingerprint density at radius 3 is 2.38 bits per heavy atom. The number of hydrogen-bond acceptors (Lipinski definition) is 5. The zero-order valence-electron chi connectivity index (χ0n) is 19.4. The molecule has 0 aliphatic carbocycles. The van der Waals surface area contributed by atoms with Crippen LogP contribution in [0.4, 0.5) is 0 Å². The maximum atomic E-state index is 13.2. The molecule has 1 amide bonds. The van der Waals surface area contributed by atoms with Crippen LogP contribution < -0.4 is 9.47 Å². The highest BCUT2D eigenvalue weighted by Gasteiger charge is 2.46. The third kappa shape index (κ3) is 4.53. The lowest BCUT2D eigenvalue weighted by Crippen LogP contribution is -2.29. The van der Waals surface area contributed by atoms with Crippen LogP contribution in [0, 0.1) is 6.92 Å². The predicted octanol–water partition coefficient (Wildman–Crippen LogP) is 5.02. The number of ketones is 1. The van der Waals surface area contributed by atoms with Crippen molar-refractivity contribution < 1.29 is 24.2 Å². The molecule has 1 aliphatic rings. The lowest BCUT2D eigenvalue weighted by Gasteiger charge is -2.26. The standard InChI is InChI=1S/C28H27NO5/c1-4-34-23-10-6-9-21(16-23)26(30)24-25(20-8-5-7-18(2)15-20)29(28(32)27(24)31)17-19-11-13-22(33-3)14-12-19/h5-16,25,30H,4,17H2,1-3H3/b26-24-. The number of likely N-dealkylation sites (tertiary alicyclic amines) is 1. The number of methoxy groups -OCH3 is 1. The fourth-order valence-corrected chi connectivity index (χ4v) is 4.21. The van der Waals surface area contributed by atoms with Crippen LogP contribution in [0.3, 0.4) is 0 Å². The van der Waals surface area contributed by atoms with Crippen molar-refractivity contribution in [3.05, 3.63) is 101 Å². The molecule has 0 aromatic heterocycles. The van der Waals surface area contributed by atoms with Crippen molar-refractivity contribution in [3.63, 3.8) is 0 Å². The number of carbonyl (C=O) groups is 2. The number of amides is 1. The van der Waals surface area contributed by atoms with E-state index in [0.29, 0.717) is 23.7 Å². The van der Waals surface area contributed by atoms with Gasteiger partial charge in [-0.3, -0.25) is 9.59 Å². The summed E-state index contributed by atoms with van der Waals surface area (Å²) in [4.78, 5) is 27.9. The van der Waals surface area contributed by atoms with Gasteiger partial charge in [0.1, 0.15) is 17.3 Å². The number of carbonyl (C=O) groups excluding carboxylic acids is 2. The molecule has 0 bridgehead atoms. The van der Waals surface area contributed by atoms with Crippen LogP contribution >= 0.6 is 0 Å². The lowest BCUT2D eigenvalue weighted by molar-refractivity contribution is -0.140. The molecule has 1 unspecified atom stereocenters. The van der Waals surface area contributed by atoms with Crippen molar-refractivity contribution in [3.8, 4) is 11.5 Å². The highest BCUT2D eigenvalue weighted by Crippen LogP contribution is 2.40. The zero-order valence-corrected chi connectivity index (χ0v) is 19.4. The lowest BCUT2D eigenvalue weighted by atomic mass is 9.94. The fourth-order valence-electron chi connectivity index (χ4n) is 4.21. The number of aliphatic hydroxyl groups excluding tert-OH is 1. The minimum Gasteiger partial charge on any atom is -0.507 e. The number of aliphatic hydroxyl groups is 1. The Morgan fingerprint density at radius 2 is 1.71 bits per heavy atom. The van der Waals surface area contributed by atoms with Crippen LogP contribution in [-0.4, -0.2) is 35.4 Å². The molecule has 1 heterocycles. The Labute approximate surface area is 199 Å². The second-order valence-corrected chi connectivity index (χ2v) is 8.15. The summed E-state index contributed by atoms with van der Waals surface area (Å²) in [6, 6.07) is 21.1. The maximum absolute atomic E-state index is 13.2. The number of hydrogen-bond donors (Lipinski definition) is 1. The molecule has 0 radical (unpaired) electrons. The van der Waals surface area contributed by atoms with E-state index in [0.717, 1.165) is 16.7 Å². The molecule has 6 heteroatoms. The van der Waals surface area contributed by atoms with Crippen molar-refractivity contribution in [2.45, 2.75) is 26.4 Å². The van der Waals surface area contributed by atoms with E-state index in [9.17, 15) is 14.7 Å². The van der Waals surface area contributed by atoms with Gasteiger partial charge in [-0.05, 0) is 49.2 Å². The van der Waals surface area contributed by atoms with Gasteiger partial charge in [0.05, 0.1) is 25.3 Å². The molecule has 6 nitrogen and oxygen atoms in total. The minimum absolute atomic E-state index is 0.0674. The molecule has 0 saturated carbocycles. The fraction of sp³-hybridized carbons (Fsp3) is 0.214. The van der Waals surface area contributed by atoms with Crippen LogP contribution in [0.5, 0.6) is 11.5 Å². The second kappa shape index (κ2) is 9.83. The van der Waals surface area contributed by atoms with E-state index in [2.05, 4.69) is 0 Å². The summed E-state index contributed by atoms with van der Waals surface area (Å²) >= 11 is 0. The first-order valence-corrected chi connectivity index (χ1v) is 11.1. The number of aryl methyl sites for hydroxylation is 1. The monoisotopic (exact) mass is 457 g/mol. The Kier molecular flexibility index (Phi) is 6.68. The number of nitrogens with zero attached hydrogens (tertiary/aromatic N) is 1. The van der Waals surface area contributed by atoms with E-state index in [-0.39, 0.29) is 17.9 Å². The van der Waals surface area contributed by atoms with Gasteiger partial charge < -0.3 is 19.5 Å². The number of ether oxygens (including phenoxy) is 2. The maximum Gasteiger partial charge on any atom is 0.295 e. The van der Waals surface area contributed by atoms with E-state index in [1.807, 2.05) is 62.4 Å². The smallest absolute Gasteiger partial charge is 0.295 e. The van der Waals surface area contributed by atoms with Crippen LogP contribution in [0.1, 0.15) is 35.2 Å².